The maximum absolute atomic E-state index is 12.2. The predicted molar refractivity (Wildman–Crippen MR) is 96.8 cm³/mol. The molecule has 25 heavy (non-hydrogen) atoms. The average molecular weight is 372 g/mol. The van der Waals surface area contributed by atoms with Crippen LogP contribution in [-0.2, 0) is 13.9 Å². The topological polar surface area (TPSA) is 109 Å². The van der Waals surface area contributed by atoms with Crippen molar-refractivity contribution in [3.8, 4) is 0 Å². The number of anilines is 1. The highest BCUT2D eigenvalue weighted by Crippen LogP contribution is 2.41. The largest absolute Gasteiger partial charge is 0.408 e. The van der Waals surface area contributed by atoms with Gasteiger partial charge in [0.1, 0.15) is 24.1 Å². The lowest BCUT2D eigenvalue weighted by molar-refractivity contribution is -0.0624. The molecule has 1 aliphatic rings. The average Bonchev–Trinajstić information content (AvgIpc) is 2.82. The fraction of sp³-hybridized carbons (Fsp3) is 0.750. The van der Waals surface area contributed by atoms with Gasteiger partial charge in [-0.05, 0) is 24.2 Å². The highest BCUT2D eigenvalue weighted by atomic mass is 28.4. The zero-order valence-electron chi connectivity index (χ0n) is 15.7. The lowest BCUT2D eigenvalue weighted by Crippen LogP contribution is -2.50. The van der Waals surface area contributed by atoms with E-state index in [2.05, 4.69) is 38.8 Å². The molecule has 142 valence electrons. The van der Waals surface area contributed by atoms with E-state index < -0.39 is 38.5 Å². The van der Waals surface area contributed by atoms with Gasteiger partial charge in [-0.2, -0.15) is 4.98 Å². The van der Waals surface area contributed by atoms with Crippen molar-refractivity contribution in [2.75, 3.05) is 19.5 Å². The summed E-state index contributed by atoms with van der Waals surface area (Å²) in [7, 11) is -0.593. The third-order valence-corrected chi connectivity index (χ3v) is 9.57. The first-order chi connectivity index (χ1) is 11.5. The van der Waals surface area contributed by atoms with E-state index in [1.165, 1.54) is 16.8 Å². The van der Waals surface area contributed by atoms with Crippen LogP contribution in [0, 0.1) is 0 Å². The number of hydrogen-bond acceptors (Lipinski definition) is 7. The molecular formula is C16H29N3O5Si. The summed E-state index contributed by atoms with van der Waals surface area (Å²) in [5.74, 6) is 0.140. The molecule has 2 rings (SSSR count). The smallest absolute Gasteiger partial charge is 0.351 e. The molecule has 2 heterocycles. The fourth-order valence-corrected chi connectivity index (χ4v) is 3.93. The molecule has 9 heteroatoms. The number of nitrogen functional groups attached to an aromatic ring is 1. The number of aliphatic hydroxyl groups excluding tert-OH is 1. The van der Waals surface area contributed by atoms with Crippen LogP contribution in [0.5, 0.6) is 0 Å². The Morgan fingerprint density at radius 2 is 2.04 bits per heavy atom. The lowest BCUT2D eigenvalue weighted by Gasteiger charge is -2.40. The Balaban J connectivity index is 2.36. The van der Waals surface area contributed by atoms with Crippen LogP contribution < -0.4 is 11.4 Å². The fourth-order valence-electron chi connectivity index (χ4n) is 2.61. The molecule has 0 aromatic carbocycles. The summed E-state index contributed by atoms with van der Waals surface area (Å²) in [6, 6.07) is 1.52. The van der Waals surface area contributed by atoms with Crippen LogP contribution in [-0.4, -0.2) is 55.0 Å². The molecule has 1 fully saturated rings. The standard InChI is InChI=1S/C16H29N3O5Si/c1-16(2,3)25(5,6)24-12-10(9-20)23-14(13(12)22-4)19-8-7-11(17)18-15(19)21/h7-8,10,12-14,20H,9H2,1-6H3,(H2,17,18,21)/t10-,12-,13-,14-/m1/s1. The highest BCUT2D eigenvalue weighted by Gasteiger charge is 2.51. The van der Waals surface area contributed by atoms with Crippen molar-refractivity contribution < 1.29 is 19.0 Å². The Hall–Kier alpha value is -1.26. The van der Waals surface area contributed by atoms with Crippen LogP contribution in [0.2, 0.25) is 18.1 Å². The molecule has 0 amide bonds. The maximum Gasteiger partial charge on any atom is 0.351 e. The summed E-state index contributed by atoms with van der Waals surface area (Å²) in [5.41, 5.74) is 5.02. The van der Waals surface area contributed by atoms with E-state index in [1.807, 2.05) is 0 Å². The van der Waals surface area contributed by atoms with E-state index >= 15 is 0 Å². The van der Waals surface area contributed by atoms with Crippen LogP contribution in [0.1, 0.15) is 27.0 Å². The number of aromatic nitrogens is 2. The maximum atomic E-state index is 12.2. The number of nitrogens with two attached hydrogens (primary N) is 1. The molecule has 1 aromatic rings. The molecular weight excluding hydrogens is 342 g/mol. The summed E-state index contributed by atoms with van der Waals surface area (Å²) in [6.45, 7) is 10.4. The van der Waals surface area contributed by atoms with E-state index in [4.69, 9.17) is 19.6 Å². The van der Waals surface area contributed by atoms with Crippen molar-refractivity contribution in [3.63, 3.8) is 0 Å². The van der Waals surface area contributed by atoms with Gasteiger partial charge in [-0.25, -0.2) is 4.79 Å². The van der Waals surface area contributed by atoms with Crippen LogP contribution in [0.25, 0.3) is 0 Å². The Kier molecular flexibility index (Phi) is 5.74. The molecule has 3 N–H and O–H groups in total. The number of aliphatic hydroxyl groups is 1. The first-order valence-electron chi connectivity index (χ1n) is 8.33. The van der Waals surface area contributed by atoms with Gasteiger partial charge in [0.05, 0.1) is 6.61 Å². The van der Waals surface area contributed by atoms with Crippen LogP contribution in [0.4, 0.5) is 5.82 Å². The predicted octanol–water partition coefficient (Wildman–Crippen LogP) is 1.12. The summed E-state index contributed by atoms with van der Waals surface area (Å²) in [4.78, 5) is 15.9. The summed E-state index contributed by atoms with van der Waals surface area (Å²) in [6.07, 6.45) is -0.837. The van der Waals surface area contributed by atoms with Crippen LogP contribution in [0.3, 0.4) is 0 Å². The molecule has 1 aromatic heterocycles. The van der Waals surface area contributed by atoms with E-state index in [0.29, 0.717) is 0 Å². The number of hydrogen-bond donors (Lipinski definition) is 2. The zero-order valence-corrected chi connectivity index (χ0v) is 16.7. The molecule has 0 radical (unpaired) electrons. The minimum Gasteiger partial charge on any atom is -0.408 e. The second kappa shape index (κ2) is 7.16. The van der Waals surface area contributed by atoms with Gasteiger partial charge in [-0.15, -0.1) is 0 Å². The minimum atomic E-state index is -2.13. The molecule has 8 nitrogen and oxygen atoms in total. The van der Waals surface area contributed by atoms with E-state index in [0.717, 1.165) is 0 Å². The van der Waals surface area contributed by atoms with Crippen molar-refractivity contribution in [1.29, 1.82) is 0 Å². The zero-order chi connectivity index (χ0) is 19.0. The second-order valence-corrected chi connectivity index (χ2v) is 12.6. The number of rotatable bonds is 5. The van der Waals surface area contributed by atoms with Crippen LogP contribution in [0.15, 0.2) is 17.1 Å². The molecule has 0 unspecified atom stereocenters. The Bertz CT molecular complexity index is 658. The Labute approximate surface area is 149 Å². The van der Waals surface area contributed by atoms with Crippen molar-refractivity contribution in [1.82, 2.24) is 9.55 Å². The van der Waals surface area contributed by atoms with Crippen molar-refractivity contribution in [2.45, 2.75) is 63.4 Å². The number of methoxy groups -OCH3 is 1. The first-order valence-corrected chi connectivity index (χ1v) is 11.2. The SMILES string of the molecule is CO[C@@H]1[C@H](O[Si](C)(C)C(C)(C)C)[C@@H](CO)O[C@H]1n1ccc(N)nc1=O. The molecule has 0 aliphatic carbocycles. The van der Waals surface area contributed by atoms with Crippen molar-refractivity contribution >= 4 is 14.1 Å². The molecule has 0 spiro atoms. The molecule has 4 atom stereocenters. The van der Waals surface area contributed by atoms with E-state index in [1.54, 1.807) is 7.11 Å². The molecule has 0 bridgehead atoms. The van der Waals surface area contributed by atoms with Crippen molar-refractivity contribution in [2.24, 2.45) is 0 Å². The summed E-state index contributed by atoms with van der Waals surface area (Å²) < 4.78 is 19.3. The van der Waals surface area contributed by atoms with Gasteiger partial charge < -0.3 is 24.7 Å². The lowest BCUT2D eigenvalue weighted by atomic mass is 10.1. The number of nitrogens with zero attached hydrogens (tertiary/aromatic N) is 2. The normalized spacial score (nSPS) is 27.6. The monoisotopic (exact) mass is 371 g/mol. The van der Waals surface area contributed by atoms with Gasteiger partial charge in [-0.3, -0.25) is 4.57 Å². The molecule has 0 saturated carbocycles. The van der Waals surface area contributed by atoms with Gasteiger partial charge in [0, 0.05) is 13.3 Å². The van der Waals surface area contributed by atoms with Gasteiger partial charge >= 0.3 is 5.69 Å². The Morgan fingerprint density at radius 1 is 1.40 bits per heavy atom. The highest BCUT2D eigenvalue weighted by molar-refractivity contribution is 6.74. The molecule has 1 aliphatic heterocycles. The third-order valence-electron chi connectivity index (χ3n) is 5.10. The van der Waals surface area contributed by atoms with Gasteiger partial charge in [0.25, 0.3) is 0 Å². The van der Waals surface area contributed by atoms with Crippen LogP contribution >= 0.6 is 0 Å². The molecule has 1 saturated heterocycles. The summed E-state index contributed by atoms with van der Waals surface area (Å²) >= 11 is 0. The minimum absolute atomic E-state index is 0.0109. The van der Waals surface area contributed by atoms with Crippen molar-refractivity contribution in [3.05, 3.63) is 22.7 Å². The third kappa shape index (κ3) is 3.95. The first kappa shape index (κ1) is 20.1. The van der Waals surface area contributed by atoms with E-state index in [-0.39, 0.29) is 17.5 Å². The van der Waals surface area contributed by atoms with Gasteiger partial charge in [-0.1, -0.05) is 20.8 Å². The van der Waals surface area contributed by atoms with E-state index in [9.17, 15) is 9.90 Å². The quantitative estimate of drug-likeness (QED) is 0.747. The van der Waals surface area contributed by atoms with Gasteiger partial charge in [0.2, 0.25) is 0 Å². The summed E-state index contributed by atoms with van der Waals surface area (Å²) in [5, 5.41) is 9.75. The second-order valence-electron chi connectivity index (χ2n) is 7.83. The number of ether oxygens (including phenoxy) is 2. The Morgan fingerprint density at radius 3 is 2.52 bits per heavy atom. The van der Waals surface area contributed by atoms with Gasteiger partial charge in [0.15, 0.2) is 14.5 Å².